The van der Waals surface area contributed by atoms with E-state index in [-0.39, 0.29) is 11.5 Å². The molecule has 0 saturated carbocycles. The maximum absolute atomic E-state index is 12.0. The number of amides is 1. The van der Waals surface area contributed by atoms with Crippen molar-refractivity contribution in [2.75, 3.05) is 11.1 Å². The minimum atomic E-state index is -0.289. The van der Waals surface area contributed by atoms with Crippen LogP contribution in [0.15, 0.2) is 35.3 Å². The van der Waals surface area contributed by atoms with Gasteiger partial charge < -0.3 is 16.0 Å². The highest BCUT2D eigenvalue weighted by atomic mass is 16.1. The molecular formula is C14H15N3O2. The molecule has 2 aromatic rings. The zero-order chi connectivity index (χ0) is 14.0. The average Bonchev–Trinajstić information content (AvgIpc) is 2.36. The van der Waals surface area contributed by atoms with Crippen LogP contribution in [0, 0.1) is 13.8 Å². The normalized spacial score (nSPS) is 10.2. The van der Waals surface area contributed by atoms with Gasteiger partial charge in [-0.25, -0.2) is 0 Å². The standard InChI is InChI=1S/C14H15N3O2/c1-8-5-9(2)12(6-11(8)15)17-14(19)10-3-4-13(18)16-7-10/h3-7H,15H2,1-2H3,(H,16,18)(H,17,19). The third kappa shape index (κ3) is 2.82. The van der Waals surface area contributed by atoms with E-state index >= 15 is 0 Å². The van der Waals surface area contributed by atoms with E-state index in [0.29, 0.717) is 16.9 Å². The first-order valence-electron chi connectivity index (χ1n) is 5.84. The van der Waals surface area contributed by atoms with Crippen molar-refractivity contribution in [3.8, 4) is 0 Å². The van der Waals surface area contributed by atoms with Crippen LogP contribution in [0.3, 0.4) is 0 Å². The summed E-state index contributed by atoms with van der Waals surface area (Å²) in [5, 5.41) is 2.77. The number of nitrogen functional groups attached to an aromatic ring is 1. The summed E-state index contributed by atoms with van der Waals surface area (Å²) in [6.07, 6.45) is 1.38. The highest BCUT2D eigenvalue weighted by Crippen LogP contribution is 2.22. The van der Waals surface area contributed by atoms with Crippen molar-refractivity contribution in [3.05, 3.63) is 57.5 Å². The van der Waals surface area contributed by atoms with Gasteiger partial charge in [0.1, 0.15) is 0 Å². The maximum Gasteiger partial charge on any atom is 0.257 e. The lowest BCUT2D eigenvalue weighted by atomic mass is 10.1. The first-order chi connectivity index (χ1) is 8.97. The van der Waals surface area contributed by atoms with Crippen LogP contribution in [-0.4, -0.2) is 10.9 Å². The Hall–Kier alpha value is -2.56. The van der Waals surface area contributed by atoms with Crippen LogP contribution >= 0.6 is 0 Å². The Balaban J connectivity index is 2.26. The lowest BCUT2D eigenvalue weighted by molar-refractivity contribution is 0.102. The Bertz CT molecular complexity index is 669. The van der Waals surface area contributed by atoms with Gasteiger partial charge >= 0.3 is 0 Å². The number of nitrogens with one attached hydrogen (secondary N) is 2. The number of rotatable bonds is 2. The number of hydrogen-bond donors (Lipinski definition) is 3. The Kier molecular flexibility index (Phi) is 3.37. The van der Waals surface area contributed by atoms with E-state index in [9.17, 15) is 9.59 Å². The molecule has 0 spiro atoms. The summed E-state index contributed by atoms with van der Waals surface area (Å²) < 4.78 is 0. The molecule has 19 heavy (non-hydrogen) atoms. The number of benzene rings is 1. The second-order valence-electron chi connectivity index (χ2n) is 4.42. The zero-order valence-electron chi connectivity index (χ0n) is 10.8. The minimum Gasteiger partial charge on any atom is -0.398 e. The van der Waals surface area contributed by atoms with E-state index in [2.05, 4.69) is 10.3 Å². The van der Waals surface area contributed by atoms with Crippen LogP contribution in [0.5, 0.6) is 0 Å². The molecule has 1 amide bonds. The molecular weight excluding hydrogens is 242 g/mol. The van der Waals surface area contributed by atoms with Gasteiger partial charge in [-0.2, -0.15) is 0 Å². The summed E-state index contributed by atoms with van der Waals surface area (Å²) in [5.74, 6) is -0.289. The summed E-state index contributed by atoms with van der Waals surface area (Å²) >= 11 is 0. The number of anilines is 2. The number of pyridine rings is 1. The second-order valence-corrected chi connectivity index (χ2v) is 4.42. The first-order valence-corrected chi connectivity index (χ1v) is 5.84. The number of aryl methyl sites for hydroxylation is 2. The van der Waals surface area contributed by atoms with E-state index in [0.717, 1.165) is 11.1 Å². The SMILES string of the molecule is Cc1cc(C)c(NC(=O)c2ccc(=O)[nH]c2)cc1N. The molecule has 0 atom stereocenters. The molecule has 0 radical (unpaired) electrons. The van der Waals surface area contributed by atoms with Gasteiger partial charge in [-0.05, 0) is 37.1 Å². The molecule has 0 saturated heterocycles. The van der Waals surface area contributed by atoms with Crippen LogP contribution in [0.1, 0.15) is 21.5 Å². The van der Waals surface area contributed by atoms with Crippen molar-refractivity contribution >= 4 is 17.3 Å². The minimum absolute atomic E-state index is 0.243. The van der Waals surface area contributed by atoms with Gasteiger partial charge in [0.25, 0.3) is 5.91 Å². The van der Waals surface area contributed by atoms with Crippen LogP contribution in [0.25, 0.3) is 0 Å². The molecule has 0 aliphatic rings. The van der Waals surface area contributed by atoms with E-state index in [1.165, 1.54) is 18.3 Å². The van der Waals surface area contributed by atoms with Crippen LogP contribution in [-0.2, 0) is 0 Å². The molecule has 0 bridgehead atoms. The van der Waals surface area contributed by atoms with Gasteiger partial charge in [-0.3, -0.25) is 9.59 Å². The number of carbonyl (C=O) groups is 1. The number of carbonyl (C=O) groups excluding carboxylic acids is 1. The molecule has 0 unspecified atom stereocenters. The van der Waals surface area contributed by atoms with Crippen LogP contribution in [0.4, 0.5) is 11.4 Å². The van der Waals surface area contributed by atoms with Crippen molar-refractivity contribution in [2.45, 2.75) is 13.8 Å². The largest absolute Gasteiger partial charge is 0.398 e. The highest BCUT2D eigenvalue weighted by Gasteiger charge is 2.09. The Morgan fingerprint density at radius 3 is 2.58 bits per heavy atom. The Morgan fingerprint density at radius 2 is 1.95 bits per heavy atom. The number of nitrogens with two attached hydrogens (primary N) is 1. The maximum atomic E-state index is 12.0. The molecule has 4 N–H and O–H groups in total. The summed E-state index contributed by atoms with van der Waals surface area (Å²) in [5.41, 5.74) is 9.17. The third-order valence-electron chi connectivity index (χ3n) is 2.91. The van der Waals surface area contributed by atoms with Crippen molar-refractivity contribution in [2.24, 2.45) is 0 Å². The smallest absolute Gasteiger partial charge is 0.257 e. The number of H-pyrrole nitrogens is 1. The van der Waals surface area contributed by atoms with Crippen LogP contribution < -0.4 is 16.6 Å². The quantitative estimate of drug-likeness (QED) is 0.717. The molecule has 1 aromatic heterocycles. The summed E-state index contributed by atoms with van der Waals surface area (Å²) in [6, 6.07) is 6.43. The van der Waals surface area contributed by atoms with Crippen molar-refractivity contribution in [1.29, 1.82) is 0 Å². The fourth-order valence-electron chi connectivity index (χ4n) is 1.75. The number of hydrogen-bond acceptors (Lipinski definition) is 3. The number of aromatic nitrogens is 1. The van der Waals surface area contributed by atoms with E-state index in [1.807, 2.05) is 19.9 Å². The van der Waals surface area contributed by atoms with Crippen molar-refractivity contribution < 1.29 is 4.79 Å². The monoisotopic (exact) mass is 257 g/mol. The summed E-state index contributed by atoms with van der Waals surface area (Å²) in [7, 11) is 0. The van der Waals surface area contributed by atoms with E-state index in [1.54, 1.807) is 6.07 Å². The van der Waals surface area contributed by atoms with Gasteiger partial charge in [0, 0.05) is 23.6 Å². The highest BCUT2D eigenvalue weighted by molar-refractivity contribution is 6.04. The predicted octanol–water partition coefficient (Wildman–Crippen LogP) is 1.83. The Morgan fingerprint density at radius 1 is 1.21 bits per heavy atom. The molecule has 0 aliphatic carbocycles. The lowest BCUT2D eigenvalue weighted by Crippen LogP contribution is -2.15. The fraction of sp³-hybridized carbons (Fsp3) is 0.143. The Labute approximate surface area is 110 Å². The van der Waals surface area contributed by atoms with Gasteiger partial charge in [-0.15, -0.1) is 0 Å². The molecule has 0 fully saturated rings. The summed E-state index contributed by atoms with van der Waals surface area (Å²) in [4.78, 5) is 25.4. The van der Waals surface area contributed by atoms with E-state index in [4.69, 9.17) is 5.73 Å². The summed E-state index contributed by atoms with van der Waals surface area (Å²) in [6.45, 7) is 3.81. The van der Waals surface area contributed by atoms with Gasteiger partial charge in [0.15, 0.2) is 0 Å². The molecule has 1 aromatic carbocycles. The molecule has 2 rings (SSSR count). The molecule has 1 heterocycles. The van der Waals surface area contributed by atoms with Gasteiger partial charge in [-0.1, -0.05) is 6.07 Å². The molecule has 98 valence electrons. The fourth-order valence-corrected chi connectivity index (χ4v) is 1.75. The molecule has 0 aliphatic heterocycles. The van der Waals surface area contributed by atoms with Crippen molar-refractivity contribution in [1.82, 2.24) is 4.98 Å². The molecule has 5 heteroatoms. The molecule has 5 nitrogen and oxygen atoms in total. The van der Waals surface area contributed by atoms with Gasteiger partial charge in [0.05, 0.1) is 5.56 Å². The first kappa shape index (κ1) is 12.9. The van der Waals surface area contributed by atoms with Crippen LogP contribution in [0.2, 0.25) is 0 Å². The lowest BCUT2D eigenvalue weighted by Gasteiger charge is -2.11. The topological polar surface area (TPSA) is 88.0 Å². The zero-order valence-corrected chi connectivity index (χ0v) is 10.8. The second kappa shape index (κ2) is 4.97. The van der Waals surface area contributed by atoms with E-state index < -0.39 is 0 Å². The van der Waals surface area contributed by atoms with Crippen molar-refractivity contribution in [3.63, 3.8) is 0 Å². The average molecular weight is 257 g/mol. The third-order valence-corrected chi connectivity index (χ3v) is 2.91. The van der Waals surface area contributed by atoms with Gasteiger partial charge in [0.2, 0.25) is 5.56 Å². The number of aromatic amines is 1. The predicted molar refractivity (Wildman–Crippen MR) is 75.3 cm³/mol.